The van der Waals surface area contributed by atoms with Gasteiger partial charge in [-0.25, -0.2) is 4.57 Å². The molecule has 33 heavy (non-hydrogen) atoms. The zero-order valence-electron chi connectivity index (χ0n) is 18.3. The van der Waals surface area contributed by atoms with Crippen LogP contribution in [0.1, 0.15) is 5.56 Å². The Balaban J connectivity index is 1.52. The number of ether oxygens (including phenoxy) is 2. The Hall–Kier alpha value is -3.78. The fraction of sp³-hybridized carbons (Fsp3) is 0.160. The molecule has 0 saturated carbocycles. The summed E-state index contributed by atoms with van der Waals surface area (Å²) in [5, 5.41) is 10.1. The van der Waals surface area contributed by atoms with Crippen molar-refractivity contribution in [1.82, 2.24) is 19.2 Å². The van der Waals surface area contributed by atoms with Crippen molar-refractivity contribution in [2.75, 3.05) is 19.5 Å². The highest BCUT2D eigenvalue weighted by atomic mass is 32.2. The molecule has 0 amide bonds. The molecular formula is C25H22N4O3S. The van der Waals surface area contributed by atoms with Gasteiger partial charge in [0, 0.05) is 11.8 Å². The second kappa shape index (κ2) is 8.99. The highest BCUT2D eigenvalue weighted by molar-refractivity contribution is 7.99. The maximum Gasteiger partial charge on any atom is 0.267 e. The smallest absolute Gasteiger partial charge is 0.267 e. The Kier molecular flexibility index (Phi) is 5.75. The number of thioether (sulfide) groups is 1. The largest absolute Gasteiger partial charge is 0.497 e. The molecular weight excluding hydrogens is 436 g/mol. The van der Waals surface area contributed by atoms with E-state index < -0.39 is 0 Å². The van der Waals surface area contributed by atoms with Crippen LogP contribution in [0.5, 0.6) is 11.5 Å². The minimum atomic E-state index is -0.155. The summed E-state index contributed by atoms with van der Waals surface area (Å²) in [6.45, 7) is 2.57. The summed E-state index contributed by atoms with van der Waals surface area (Å²) in [7, 11) is 1.60. The lowest BCUT2D eigenvalue weighted by Crippen LogP contribution is -2.21. The van der Waals surface area contributed by atoms with E-state index in [1.807, 2.05) is 84.1 Å². The average molecular weight is 459 g/mol. The van der Waals surface area contributed by atoms with Crippen LogP contribution in [-0.2, 0) is 0 Å². The van der Waals surface area contributed by atoms with Crippen molar-refractivity contribution in [2.45, 2.75) is 12.1 Å². The lowest BCUT2D eigenvalue weighted by atomic mass is 10.2. The second-order valence-electron chi connectivity index (χ2n) is 7.49. The third-order valence-electron chi connectivity index (χ3n) is 5.31. The molecule has 8 heteroatoms. The second-order valence-corrected chi connectivity index (χ2v) is 8.55. The van der Waals surface area contributed by atoms with E-state index in [9.17, 15) is 4.79 Å². The quantitative estimate of drug-likeness (QED) is 0.264. The van der Waals surface area contributed by atoms with Gasteiger partial charge in [-0.2, -0.15) is 0 Å². The molecule has 0 N–H and O–H groups in total. The van der Waals surface area contributed by atoms with Gasteiger partial charge >= 0.3 is 0 Å². The minimum absolute atomic E-state index is 0.155. The van der Waals surface area contributed by atoms with Gasteiger partial charge < -0.3 is 9.47 Å². The number of rotatable bonds is 7. The van der Waals surface area contributed by atoms with Crippen molar-refractivity contribution in [1.29, 1.82) is 0 Å². The zero-order valence-corrected chi connectivity index (χ0v) is 19.1. The predicted molar refractivity (Wildman–Crippen MR) is 130 cm³/mol. The fourth-order valence-corrected chi connectivity index (χ4v) is 4.44. The third kappa shape index (κ3) is 4.05. The Labute approximate surface area is 194 Å². The molecule has 0 saturated heterocycles. The van der Waals surface area contributed by atoms with Gasteiger partial charge in [-0.15, -0.1) is 10.2 Å². The molecule has 2 aromatic heterocycles. The van der Waals surface area contributed by atoms with Crippen molar-refractivity contribution < 1.29 is 9.47 Å². The van der Waals surface area contributed by atoms with Crippen molar-refractivity contribution in [3.63, 3.8) is 0 Å². The van der Waals surface area contributed by atoms with E-state index in [0.717, 1.165) is 11.3 Å². The van der Waals surface area contributed by atoms with Gasteiger partial charge in [-0.1, -0.05) is 47.7 Å². The highest BCUT2D eigenvalue weighted by Crippen LogP contribution is 2.24. The number of benzene rings is 3. The summed E-state index contributed by atoms with van der Waals surface area (Å²) in [6.07, 6.45) is 0. The Morgan fingerprint density at radius 3 is 2.58 bits per heavy atom. The third-order valence-corrected chi connectivity index (χ3v) is 6.20. The first-order valence-electron chi connectivity index (χ1n) is 10.5. The normalized spacial score (nSPS) is 11.2. The summed E-state index contributed by atoms with van der Waals surface area (Å²) < 4.78 is 14.7. The molecule has 0 aliphatic heterocycles. The standard InChI is InChI=1S/C25H22N4O3S/c1-17-10-12-19(13-11-17)32-14-15-33-25-27-26-24-28(18-6-5-7-20(16-18)31-2)23(30)21-8-3-4-9-22(21)29(24)25/h3-13,16H,14-15H2,1-2H3. The van der Waals surface area contributed by atoms with Crippen molar-refractivity contribution >= 4 is 28.4 Å². The van der Waals surface area contributed by atoms with Crippen LogP contribution in [0, 0.1) is 6.92 Å². The van der Waals surface area contributed by atoms with Crippen molar-refractivity contribution in [3.05, 3.63) is 88.7 Å². The molecule has 3 aromatic carbocycles. The molecule has 0 spiro atoms. The van der Waals surface area contributed by atoms with E-state index in [2.05, 4.69) is 10.2 Å². The van der Waals surface area contributed by atoms with Crippen molar-refractivity contribution in [3.8, 4) is 17.2 Å². The number of hydrogen-bond donors (Lipinski definition) is 0. The monoisotopic (exact) mass is 458 g/mol. The number of fused-ring (bicyclic) bond motifs is 3. The van der Waals surface area contributed by atoms with E-state index in [4.69, 9.17) is 9.47 Å². The van der Waals surface area contributed by atoms with Gasteiger partial charge in [0.15, 0.2) is 5.16 Å². The minimum Gasteiger partial charge on any atom is -0.497 e. The van der Waals surface area contributed by atoms with Gasteiger partial charge in [0.25, 0.3) is 5.56 Å². The molecule has 5 aromatic rings. The summed E-state index contributed by atoms with van der Waals surface area (Å²) in [6, 6.07) is 22.8. The SMILES string of the molecule is COc1cccc(-n2c(=O)c3ccccc3n3c(SCCOc4ccc(C)cc4)nnc23)c1. The van der Waals surface area contributed by atoms with E-state index in [1.165, 1.54) is 17.3 Å². The maximum atomic E-state index is 13.4. The lowest BCUT2D eigenvalue weighted by Gasteiger charge is -2.12. The van der Waals surface area contributed by atoms with Crippen LogP contribution in [0.25, 0.3) is 22.4 Å². The molecule has 0 radical (unpaired) electrons. The van der Waals surface area contributed by atoms with Gasteiger partial charge in [-0.3, -0.25) is 9.20 Å². The van der Waals surface area contributed by atoms with Gasteiger partial charge in [0.05, 0.1) is 30.3 Å². The lowest BCUT2D eigenvalue weighted by molar-refractivity contribution is 0.344. The van der Waals surface area contributed by atoms with E-state index in [-0.39, 0.29) is 5.56 Å². The topological polar surface area (TPSA) is 70.7 Å². The molecule has 0 aliphatic carbocycles. The number of hydrogen-bond acceptors (Lipinski definition) is 6. The van der Waals surface area contributed by atoms with Crippen LogP contribution in [0.4, 0.5) is 0 Å². The number of aryl methyl sites for hydroxylation is 1. The first kappa shape index (κ1) is 21.1. The molecule has 2 heterocycles. The van der Waals surface area contributed by atoms with Crippen LogP contribution in [0.2, 0.25) is 0 Å². The van der Waals surface area contributed by atoms with Gasteiger partial charge in [0.1, 0.15) is 11.5 Å². The molecule has 0 fully saturated rings. The van der Waals surface area contributed by atoms with Crippen LogP contribution in [0.3, 0.4) is 0 Å². The van der Waals surface area contributed by atoms with Crippen LogP contribution >= 0.6 is 11.8 Å². The fourth-order valence-electron chi connectivity index (χ4n) is 3.68. The Morgan fingerprint density at radius 1 is 0.939 bits per heavy atom. The molecule has 0 unspecified atom stereocenters. The van der Waals surface area contributed by atoms with Crippen LogP contribution in [-0.4, -0.2) is 38.6 Å². The first-order valence-corrected chi connectivity index (χ1v) is 11.5. The average Bonchev–Trinajstić information content (AvgIpc) is 3.27. The number of methoxy groups -OCH3 is 1. The number of nitrogens with zero attached hydrogens (tertiary/aromatic N) is 4. The molecule has 0 atom stereocenters. The van der Waals surface area contributed by atoms with E-state index >= 15 is 0 Å². The summed E-state index contributed by atoms with van der Waals surface area (Å²) in [5.74, 6) is 2.63. The Morgan fingerprint density at radius 2 is 1.76 bits per heavy atom. The zero-order chi connectivity index (χ0) is 22.8. The van der Waals surface area contributed by atoms with Crippen molar-refractivity contribution in [2.24, 2.45) is 0 Å². The van der Waals surface area contributed by atoms with Crippen LogP contribution < -0.4 is 15.0 Å². The molecule has 0 aliphatic rings. The molecule has 5 rings (SSSR count). The highest BCUT2D eigenvalue weighted by Gasteiger charge is 2.18. The number of aromatic nitrogens is 4. The molecule has 7 nitrogen and oxygen atoms in total. The van der Waals surface area contributed by atoms with Crippen LogP contribution in [0.15, 0.2) is 82.7 Å². The van der Waals surface area contributed by atoms with Gasteiger partial charge in [-0.05, 0) is 43.3 Å². The predicted octanol–water partition coefficient (Wildman–Crippen LogP) is 4.52. The summed E-state index contributed by atoms with van der Waals surface area (Å²) in [4.78, 5) is 13.4. The summed E-state index contributed by atoms with van der Waals surface area (Å²) in [5.41, 5.74) is 2.48. The van der Waals surface area contributed by atoms with E-state index in [1.54, 1.807) is 11.7 Å². The molecule has 166 valence electrons. The first-order chi connectivity index (χ1) is 16.2. The number of para-hydroxylation sites is 1. The molecule has 0 bridgehead atoms. The Bertz CT molecular complexity index is 1490. The van der Waals surface area contributed by atoms with E-state index in [0.29, 0.717) is 40.1 Å². The summed E-state index contributed by atoms with van der Waals surface area (Å²) >= 11 is 1.54. The maximum absolute atomic E-state index is 13.4. The van der Waals surface area contributed by atoms with Gasteiger partial charge in [0.2, 0.25) is 5.78 Å².